The minimum atomic E-state index is 0.416. The van der Waals surface area contributed by atoms with Gasteiger partial charge in [-0.15, -0.1) is 0 Å². The number of anilines is 2. The number of fused-ring (bicyclic) bond motifs is 1. The molecule has 1 heterocycles. The van der Waals surface area contributed by atoms with Crippen LogP contribution in [0.15, 0.2) is 24.3 Å². The molecular weight excluding hydrogens is 172 g/mol. The van der Waals surface area contributed by atoms with Crippen LogP contribution in [-0.2, 0) is 0 Å². The fourth-order valence-electron chi connectivity index (χ4n) is 2.51. The molecule has 0 amide bonds. The molecule has 0 atom stereocenters. The first-order valence-corrected chi connectivity index (χ1v) is 5.49. The van der Waals surface area contributed by atoms with E-state index in [0.717, 1.165) is 6.54 Å². The van der Waals surface area contributed by atoms with E-state index in [4.69, 9.17) is 0 Å². The smallest absolute Gasteiger partial charge is 0.0580 e. The molecular formula is C12H16N2. The highest BCUT2D eigenvalue weighted by molar-refractivity contribution is 5.70. The SMILES string of the molecule is c1ccc2c(c1)NCCC1(CCC1)N2. The van der Waals surface area contributed by atoms with Gasteiger partial charge in [-0.3, -0.25) is 0 Å². The summed E-state index contributed by atoms with van der Waals surface area (Å²) < 4.78 is 0. The molecule has 1 aromatic rings. The number of hydrogen-bond donors (Lipinski definition) is 2. The lowest BCUT2D eigenvalue weighted by molar-refractivity contribution is 0.268. The molecule has 0 bridgehead atoms. The van der Waals surface area contributed by atoms with Gasteiger partial charge in [0.05, 0.1) is 11.4 Å². The maximum absolute atomic E-state index is 3.71. The van der Waals surface area contributed by atoms with Crippen molar-refractivity contribution in [2.45, 2.75) is 31.2 Å². The Bertz CT molecular complexity index is 342. The van der Waals surface area contributed by atoms with E-state index < -0.39 is 0 Å². The molecule has 0 saturated heterocycles. The van der Waals surface area contributed by atoms with Gasteiger partial charge in [0.25, 0.3) is 0 Å². The van der Waals surface area contributed by atoms with Crippen molar-refractivity contribution in [3.8, 4) is 0 Å². The fraction of sp³-hybridized carbons (Fsp3) is 0.500. The number of hydrogen-bond acceptors (Lipinski definition) is 2. The second kappa shape index (κ2) is 2.91. The summed E-state index contributed by atoms with van der Waals surface area (Å²) in [4.78, 5) is 0. The first kappa shape index (κ1) is 8.16. The monoisotopic (exact) mass is 188 g/mol. The van der Waals surface area contributed by atoms with Crippen molar-refractivity contribution in [3.63, 3.8) is 0 Å². The van der Waals surface area contributed by atoms with Gasteiger partial charge in [0.1, 0.15) is 0 Å². The average molecular weight is 188 g/mol. The Morgan fingerprint density at radius 2 is 1.79 bits per heavy atom. The minimum Gasteiger partial charge on any atom is -0.383 e. The molecule has 1 fully saturated rings. The zero-order valence-corrected chi connectivity index (χ0v) is 8.34. The van der Waals surface area contributed by atoms with Gasteiger partial charge in [0, 0.05) is 12.1 Å². The summed E-state index contributed by atoms with van der Waals surface area (Å²) in [6, 6.07) is 8.52. The van der Waals surface area contributed by atoms with E-state index in [-0.39, 0.29) is 0 Å². The van der Waals surface area contributed by atoms with E-state index >= 15 is 0 Å². The van der Waals surface area contributed by atoms with Gasteiger partial charge >= 0.3 is 0 Å². The molecule has 1 aliphatic carbocycles. The van der Waals surface area contributed by atoms with Crippen molar-refractivity contribution >= 4 is 11.4 Å². The first-order valence-electron chi connectivity index (χ1n) is 5.49. The maximum Gasteiger partial charge on any atom is 0.0580 e. The summed E-state index contributed by atoms with van der Waals surface area (Å²) in [6.07, 6.45) is 5.31. The zero-order valence-electron chi connectivity index (χ0n) is 8.34. The standard InChI is InChI=1S/C12H16N2/c1-2-5-11-10(4-1)13-9-8-12(14-11)6-3-7-12/h1-2,4-5,13-14H,3,6-9H2. The first-order chi connectivity index (χ1) is 6.88. The third-order valence-corrected chi connectivity index (χ3v) is 3.56. The van der Waals surface area contributed by atoms with E-state index in [9.17, 15) is 0 Å². The summed E-state index contributed by atoms with van der Waals surface area (Å²) in [5, 5.41) is 7.20. The molecule has 1 spiro atoms. The summed E-state index contributed by atoms with van der Waals surface area (Å²) in [7, 11) is 0. The molecule has 0 radical (unpaired) electrons. The topological polar surface area (TPSA) is 24.1 Å². The van der Waals surface area contributed by atoms with Crippen LogP contribution in [0.2, 0.25) is 0 Å². The van der Waals surface area contributed by atoms with Gasteiger partial charge in [-0.1, -0.05) is 12.1 Å². The molecule has 3 rings (SSSR count). The second-order valence-electron chi connectivity index (χ2n) is 4.48. The van der Waals surface area contributed by atoms with Crippen molar-refractivity contribution in [2.24, 2.45) is 0 Å². The second-order valence-corrected chi connectivity index (χ2v) is 4.48. The van der Waals surface area contributed by atoms with Crippen molar-refractivity contribution < 1.29 is 0 Å². The van der Waals surface area contributed by atoms with Gasteiger partial charge in [-0.05, 0) is 37.8 Å². The Kier molecular flexibility index (Phi) is 1.69. The highest BCUT2D eigenvalue weighted by Crippen LogP contribution is 2.41. The highest BCUT2D eigenvalue weighted by atomic mass is 15.1. The van der Waals surface area contributed by atoms with Crippen LogP contribution in [0.5, 0.6) is 0 Å². The normalized spacial score (nSPS) is 22.6. The van der Waals surface area contributed by atoms with Gasteiger partial charge in [0.15, 0.2) is 0 Å². The highest BCUT2D eigenvalue weighted by Gasteiger charge is 2.37. The molecule has 1 aromatic carbocycles. The van der Waals surface area contributed by atoms with Crippen LogP contribution in [-0.4, -0.2) is 12.1 Å². The predicted octanol–water partition coefficient (Wildman–Crippen LogP) is 2.84. The Labute approximate surface area is 84.7 Å². The molecule has 14 heavy (non-hydrogen) atoms. The van der Waals surface area contributed by atoms with E-state index in [2.05, 4.69) is 34.9 Å². The van der Waals surface area contributed by atoms with Gasteiger partial charge in [0.2, 0.25) is 0 Å². The maximum atomic E-state index is 3.71. The third-order valence-electron chi connectivity index (χ3n) is 3.56. The van der Waals surface area contributed by atoms with Crippen LogP contribution in [0.1, 0.15) is 25.7 Å². The van der Waals surface area contributed by atoms with Gasteiger partial charge < -0.3 is 10.6 Å². The van der Waals surface area contributed by atoms with E-state index in [1.54, 1.807) is 0 Å². The quantitative estimate of drug-likeness (QED) is 0.654. The van der Waals surface area contributed by atoms with Crippen LogP contribution >= 0.6 is 0 Å². The number of nitrogens with one attached hydrogen (secondary N) is 2. The van der Waals surface area contributed by atoms with Crippen LogP contribution in [0, 0.1) is 0 Å². The molecule has 2 heteroatoms. The molecule has 0 unspecified atom stereocenters. The Hall–Kier alpha value is -1.18. The van der Waals surface area contributed by atoms with Gasteiger partial charge in [-0.25, -0.2) is 0 Å². The van der Waals surface area contributed by atoms with Crippen LogP contribution in [0.4, 0.5) is 11.4 Å². The summed E-state index contributed by atoms with van der Waals surface area (Å²) in [5.74, 6) is 0. The van der Waals surface area contributed by atoms with E-state index in [1.807, 2.05) is 0 Å². The number of benzene rings is 1. The Morgan fingerprint density at radius 3 is 2.50 bits per heavy atom. The van der Waals surface area contributed by atoms with Crippen LogP contribution in [0.3, 0.4) is 0 Å². The largest absolute Gasteiger partial charge is 0.383 e. The third kappa shape index (κ3) is 1.17. The summed E-state index contributed by atoms with van der Waals surface area (Å²) in [5.41, 5.74) is 2.96. The van der Waals surface area contributed by atoms with Crippen molar-refractivity contribution in [1.82, 2.24) is 0 Å². The summed E-state index contributed by atoms with van der Waals surface area (Å²) in [6.45, 7) is 1.10. The van der Waals surface area contributed by atoms with Gasteiger partial charge in [-0.2, -0.15) is 0 Å². The molecule has 1 aliphatic heterocycles. The molecule has 74 valence electrons. The molecule has 2 N–H and O–H groups in total. The molecule has 0 aromatic heterocycles. The molecule has 2 aliphatic rings. The van der Waals surface area contributed by atoms with Crippen molar-refractivity contribution in [2.75, 3.05) is 17.2 Å². The minimum absolute atomic E-state index is 0.416. The molecule has 2 nitrogen and oxygen atoms in total. The molecule has 1 saturated carbocycles. The Morgan fingerprint density at radius 1 is 1.00 bits per heavy atom. The van der Waals surface area contributed by atoms with Crippen molar-refractivity contribution in [3.05, 3.63) is 24.3 Å². The number of para-hydroxylation sites is 2. The lowest BCUT2D eigenvalue weighted by atomic mass is 9.74. The van der Waals surface area contributed by atoms with E-state index in [1.165, 1.54) is 37.1 Å². The Balaban J connectivity index is 1.94. The fourth-order valence-corrected chi connectivity index (χ4v) is 2.51. The average Bonchev–Trinajstić information content (AvgIpc) is 2.35. The van der Waals surface area contributed by atoms with Crippen LogP contribution in [0.25, 0.3) is 0 Å². The summed E-state index contributed by atoms with van der Waals surface area (Å²) >= 11 is 0. The van der Waals surface area contributed by atoms with Crippen molar-refractivity contribution in [1.29, 1.82) is 0 Å². The van der Waals surface area contributed by atoms with Crippen LogP contribution < -0.4 is 10.6 Å². The number of rotatable bonds is 0. The lowest BCUT2D eigenvalue weighted by Gasteiger charge is -2.42. The lowest BCUT2D eigenvalue weighted by Crippen LogP contribution is -2.45. The van der Waals surface area contributed by atoms with E-state index in [0.29, 0.717) is 5.54 Å². The zero-order chi connectivity index (χ0) is 9.43. The predicted molar refractivity (Wildman–Crippen MR) is 59.8 cm³/mol.